The van der Waals surface area contributed by atoms with Crippen molar-refractivity contribution in [2.24, 2.45) is 0 Å². The zero-order valence-corrected chi connectivity index (χ0v) is 49.9. The van der Waals surface area contributed by atoms with Crippen molar-refractivity contribution in [3.63, 3.8) is 0 Å². The number of carbonyl (C=O) groups is 2. The Morgan fingerprint density at radius 2 is 1.26 bits per heavy atom. The Morgan fingerprint density at radius 1 is 0.716 bits per heavy atom. The van der Waals surface area contributed by atoms with Crippen LogP contribution in [-0.2, 0) is 25.8 Å². The highest BCUT2D eigenvalue weighted by atomic mass is 35.5. The van der Waals surface area contributed by atoms with E-state index in [0.29, 0.717) is 35.0 Å². The van der Waals surface area contributed by atoms with Crippen LogP contribution in [-0.4, -0.2) is 94.1 Å². The second-order valence-corrected chi connectivity index (χ2v) is 22.7. The van der Waals surface area contributed by atoms with Crippen molar-refractivity contribution in [2.75, 3.05) is 48.6 Å². The van der Waals surface area contributed by atoms with Crippen molar-refractivity contribution in [2.45, 2.75) is 145 Å². The van der Waals surface area contributed by atoms with Crippen LogP contribution in [0.1, 0.15) is 132 Å². The first-order valence-corrected chi connectivity index (χ1v) is 29.7. The number of halogens is 7. The number of aromatic nitrogens is 4. The molecule has 15 nitrogen and oxygen atoms in total. The number of carbonyl (C=O) groups excluding carboxylic acids is 2. The third kappa shape index (κ3) is 20.6. The van der Waals surface area contributed by atoms with Crippen molar-refractivity contribution in [1.82, 2.24) is 24.7 Å². The molecule has 0 radical (unpaired) electrons. The highest BCUT2D eigenvalue weighted by molar-refractivity contribution is 7.91. The summed E-state index contributed by atoms with van der Waals surface area (Å²) in [4.78, 5) is 26.1. The number of nitrogens with one attached hydrogen (secondary N) is 3. The maximum Gasteiger partial charge on any atom is 0.265 e. The lowest BCUT2D eigenvalue weighted by molar-refractivity contribution is -0.133. The predicted molar refractivity (Wildman–Crippen MR) is 308 cm³/mol. The largest absolute Gasteiger partial charge is 0.506 e. The number of aryl methyl sites for hydroxylation is 6. The van der Waals surface area contributed by atoms with Crippen molar-refractivity contribution >= 4 is 61.9 Å². The highest BCUT2D eigenvalue weighted by Gasteiger charge is 2.27. The average Bonchev–Trinajstić information content (AvgIpc) is 4.02. The van der Waals surface area contributed by atoms with Crippen LogP contribution in [0.2, 0.25) is 10.0 Å². The van der Waals surface area contributed by atoms with E-state index in [9.17, 15) is 45.1 Å². The molecule has 0 aliphatic heterocycles. The Hall–Kier alpha value is -6.32. The van der Waals surface area contributed by atoms with Gasteiger partial charge in [-0.1, -0.05) is 123 Å². The number of anilines is 2. The molecule has 0 saturated carbocycles. The average molecular weight is 1200 g/mol. The molecule has 0 aliphatic carbocycles. The van der Waals surface area contributed by atoms with Crippen LogP contribution in [0, 0.1) is 63.7 Å². The number of amides is 2. The summed E-state index contributed by atoms with van der Waals surface area (Å²) in [7, 11) is -2.99. The maximum atomic E-state index is 13.7. The number of rotatable bonds is 28. The molecule has 6 rings (SSSR count). The first-order chi connectivity index (χ1) is 38.4. The van der Waals surface area contributed by atoms with Crippen molar-refractivity contribution in [1.29, 1.82) is 0 Å². The van der Waals surface area contributed by atoms with Gasteiger partial charge in [-0.2, -0.15) is 8.78 Å². The first kappa shape index (κ1) is 67.2. The van der Waals surface area contributed by atoms with Crippen LogP contribution >= 0.6 is 23.2 Å². The number of aromatic amines is 1. The van der Waals surface area contributed by atoms with E-state index < -0.39 is 69.2 Å². The minimum Gasteiger partial charge on any atom is -0.506 e. The number of hydrogen-bond donors (Lipinski definition) is 4. The van der Waals surface area contributed by atoms with Gasteiger partial charge in [0, 0.05) is 25.6 Å². The molecule has 6 aromatic rings. The van der Waals surface area contributed by atoms with E-state index in [4.69, 9.17) is 32.7 Å². The smallest absolute Gasteiger partial charge is 0.265 e. The monoisotopic (exact) mass is 1200 g/mol. The molecule has 0 aliphatic rings. The van der Waals surface area contributed by atoms with Crippen LogP contribution in [0.15, 0.2) is 48.5 Å². The fraction of sp³-hybridized carbons (Fsp3) is 0.483. The lowest BCUT2D eigenvalue weighted by Gasteiger charge is -2.19. The molecule has 0 saturated heterocycles. The Bertz CT molecular complexity index is 3110. The number of sulfone groups is 1. The molecule has 2 amide bonds. The third-order valence-electron chi connectivity index (χ3n) is 13.0. The van der Waals surface area contributed by atoms with E-state index in [1.54, 1.807) is 15.5 Å². The fourth-order valence-corrected chi connectivity index (χ4v) is 10.2. The molecule has 81 heavy (non-hydrogen) atoms. The Kier molecular flexibility index (Phi) is 27.3. The number of phenols is 1. The second kappa shape index (κ2) is 33.0. The van der Waals surface area contributed by atoms with E-state index in [1.807, 2.05) is 72.7 Å². The summed E-state index contributed by atoms with van der Waals surface area (Å²) in [6.45, 7) is 18.1. The fourth-order valence-electron chi connectivity index (χ4n) is 8.36. The molecule has 4 aromatic carbocycles. The number of H-pyrrole nitrogens is 1. The number of likely N-dealkylation sites (N-methyl/N-ethyl adjacent to an activating group) is 1. The van der Waals surface area contributed by atoms with E-state index in [0.717, 1.165) is 78.4 Å². The highest BCUT2D eigenvalue weighted by Crippen LogP contribution is 2.35. The van der Waals surface area contributed by atoms with Crippen molar-refractivity contribution in [3.05, 3.63) is 121 Å². The molecule has 0 spiro atoms. The van der Waals surface area contributed by atoms with Gasteiger partial charge in [-0.25, -0.2) is 26.1 Å². The lowest BCUT2D eigenvalue weighted by atomic mass is 10.1. The van der Waals surface area contributed by atoms with Gasteiger partial charge in [0.2, 0.25) is 29.1 Å². The van der Waals surface area contributed by atoms with Gasteiger partial charge in [0.05, 0.1) is 33.6 Å². The zero-order valence-electron chi connectivity index (χ0n) is 47.6. The summed E-state index contributed by atoms with van der Waals surface area (Å²) < 4.78 is 109. The van der Waals surface area contributed by atoms with Gasteiger partial charge in [-0.3, -0.25) is 14.7 Å². The van der Waals surface area contributed by atoms with E-state index in [2.05, 4.69) is 43.7 Å². The second-order valence-electron chi connectivity index (χ2n) is 19.6. The number of hydrogen-bond acceptors (Lipinski definition) is 11. The van der Waals surface area contributed by atoms with Gasteiger partial charge in [0.15, 0.2) is 36.7 Å². The van der Waals surface area contributed by atoms with Gasteiger partial charge >= 0.3 is 0 Å². The van der Waals surface area contributed by atoms with Crippen LogP contribution in [0.25, 0.3) is 5.65 Å². The quantitative estimate of drug-likeness (QED) is 0.00913. The number of unbranched alkanes of at least 4 members (excludes halogenated alkanes) is 9. The molecule has 1 atom stereocenters. The van der Waals surface area contributed by atoms with Crippen molar-refractivity contribution in [3.8, 4) is 23.0 Å². The number of nitrogens with zero attached hydrogens (tertiary/aromatic N) is 4. The summed E-state index contributed by atoms with van der Waals surface area (Å²) in [5.74, 6) is -10.9. The van der Waals surface area contributed by atoms with Gasteiger partial charge in [-0.05, 0) is 97.6 Å². The number of ether oxygens (including phenoxy) is 3. The summed E-state index contributed by atoms with van der Waals surface area (Å²) >= 11 is 12.3. The van der Waals surface area contributed by atoms with Gasteiger partial charge < -0.3 is 34.9 Å². The molecule has 2 aromatic heterocycles. The maximum absolute atomic E-state index is 13.7. The summed E-state index contributed by atoms with van der Waals surface area (Å²) in [5.41, 5.74) is 5.49. The van der Waals surface area contributed by atoms with Crippen LogP contribution in [0.5, 0.6) is 23.0 Å². The van der Waals surface area contributed by atoms with Gasteiger partial charge in [0.25, 0.3) is 11.8 Å². The molecule has 23 heteroatoms. The third-order valence-corrected chi connectivity index (χ3v) is 15.6. The molecule has 0 fully saturated rings. The number of aromatic hydroxyl groups is 1. The molecule has 4 N–H and O–H groups in total. The van der Waals surface area contributed by atoms with E-state index in [-0.39, 0.29) is 34.7 Å². The molecule has 1 unspecified atom stereocenters. The van der Waals surface area contributed by atoms with E-state index in [1.165, 1.54) is 57.4 Å². The molecule has 446 valence electrons. The number of fused-ring (bicyclic) bond motifs is 1. The summed E-state index contributed by atoms with van der Waals surface area (Å²) in [5, 5.41) is 26.9. The van der Waals surface area contributed by atoms with Crippen molar-refractivity contribution < 1.29 is 59.3 Å². The summed E-state index contributed by atoms with van der Waals surface area (Å²) in [6, 6.07) is 13.7. The van der Waals surface area contributed by atoms with Crippen LogP contribution in [0.3, 0.4) is 0 Å². The Balaban J connectivity index is 0.000000278. The van der Waals surface area contributed by atoms with Gasteiger partial charge in [-0.15, -0.1) is 10.2 Å². The zero-order chi connectivity index (χ0) is 60.0. The molecule has 2 heterocycles. The summed E-state index contributed by atoms with van der Waals surface area (Å²) in [6.07, 6.45) is 12.3. The minimum absolute atomic E-state index is 0.0291. The topological polar surface area (TPSA) is 189 Å². The first-order valence-electron chi connectivity index (χ1n) is 27.1. The lowest BCUT2D eigenvalue weighted by Crippen LogP contribution is -2.34. The molecule has 0 bridgehead atoms. The number of benzene rings is 4. The Labute approximate surface area is 482 Å². The predicted octanol–water partition coefficient (Wildman–Crippen LogP) is 14.1. The number of phenolic OH excluding ortho intramolecular Hbond substituents is 1. The van der Waals surface area contributed by atoms with Crippen LogP contribution < -0.4 is 24.8 Å². The SMILES string of the molecule is CCCCCCCCCCCCS(=O)(=O)CCCc1nnc2c(Cl)c(C)[nH]n12.CCN(CC)C(=O)COc1ccc(C)cc1C.Cc1ccc(OC(C)C(=O)Nc2cc(O)c(NCOc3c(F)c(F)c(F)c(F)c3F)cc2Cl)c(C)c1. The Morgan fingerprint density at radius 3 is 1.83 bits per heavy atom. The van der Waals surface area contributed by atoms with E-state index >= 15 is 0 Å². The standard InChI is InChI=1S/C24H20ClF5N2O4.C20H35ClN4O2S.C14H21NO2/c1-10-4-5-17(11(2)6-10)36-12(3)24(34)32-14-8-16(33)15(7-13(14)25)31-9-35-23-21(29)19(27)18(26)20(28)22(23)30;1-3-4-5-6-7-8-9-10-11-12-15-28(26,27)16-13-14-18-22-23-20-19(21)17(2)24-25(18)20;1-5-15(6-2)14(16)10-17-13-8-7-11(3)9-12(13)4/h4-8,12,31,33H,9H2,1-3H3,(H,32,34);24H,3-16H2,1-2H3;7-9H,5-6,10H2,1-4H3. The van der Waals surface area contributed by atoms with Gasteiger partial charge in [0.1, 0.15) is 32.1 Å². The molecular formula is C58H76Cl2F5N7O8S. The normalized spacial score (nSPS) is 11.6. The minimum atomic E-state index is -2.99. The van der Waals surface area contributed by atoms with Crippen LogP contribution in [0.4, 0.5) is 33.3 Å². The molecular weight excluding hydrogens is 1120 g/mol.